The van der Waals surface area contributed by atoms with Crippen LogP contribution >= 0.6 is 11.6 Å². The number of hydrogen-bond acceptors (Lipinski definition) is 2. The van der Waals surface area contributed by atoms with Gasteiger partial charge in [-0.2, -0.15) is 0 Å². The predicted octanol–water partition coefficient (Wildman–Crippen LogP) is 8.57. The minimum absolute atomic E-state index is 0.0761. The molecule has 0 unspecified atom stereocenters. The molecule has 2 nitrogen and oxygen atoms in total. The van der Waals surface area contributed by atoms with Gasteiger partial charge < -0.3 is 4.74 Å². The lowest BCUT2D eigenvalue weighted by Crippen LogP contribution is -2.51. The zero-order chi connectivity index (χ0) is 23.8. The molecule has 3 fully saturated rings. The summed E-state index contributed by atoms with van der Waals surface area (Å²) in [6.07, 6.45) is 17.3. The molecule has 4 rings (SSSR count). The first kappa shape index (κ1) is 25.6. The molecule has 0 aromatic rings. The van der Waals surface area contributed by atoms with Crippen LogP contribution in [0.5, 0.6) is 0 Å². The fraction of sp³-hybridized carbons (Fsp3) is 0.900. The van der Waals surface area contributed by atoms with E-state index in [0.29, 0.717) is 17.7 Å². The largest absolute Gasteiger partial charge is 0.462 e. The van der Waals surface area contributed by atoms with E-state index in [4.69, 9.17) is 16.3 Å². The maximum Gasteiger partial charge on any atom is 0.307 e. The van der Waals surface area contributed by atoms with Gasteiger partial charge in [0, 0.05) is 5.88 Å². The zero-order valence-corrected chi connectivity index (χ0v) is 22.8. The molecule has 0 aromatic heterocycles. The first-order chi connectivity index (χ1) is 15.7. The number of carbonyl (C=O) groups excluding carboxylic acids is 1. The van der Waals surface area contributed by atoms with Crippen LogP contribution in [-0.4, -0.2) is 18.0 Å². The fourth-order valence-electron chi connectivity index (χ4n) is 9.17. The molecule has 4 aliphatic rings. The lowest BCUT2D eigenvalue weighted by molar-refractivity contribution is -0.153. The van der Waals surface area contributed by atoms with Gasteiger partial charge in [-0.25, -0.2) is 0 Å². The standard InChI is InChI=1S/C30H49ClO2/c1-20(2)7-6-8-21(3)25-13-14-26-24-12-10-22-9-11-23(33-28(32)16-18-31)19-30(22,5)27(24)15-17-29(25,26)4/h10,20-21,23-27H,6-9,11-19H2,1-5H3/t21-,23-,24-,25+,26-,27-,29+,30+/m1/s1. The topological polar surface area (TPSA) is 26.3 Å². The summed E-state index contributed by atoms with van der Waals surface area (Å²) < 4.78 is 5.88. The van der Waals surface area contributed by atoms with Crippen LogP contribution in [0.1, 0.15) is 112 Å². The minimum Gasteiger partial charge on any atom is -0.462 e. The summed E-state index contributed by atoms with van der Waals surface area (Å²) in [5, 5.41) is 0. The van der Waals surface area contributed by atoms with E-state index >= 15 is 0 Å². The van der Waals surface area contributed by atoms with Crippen molar-refractivity contribution in [1.82, 2.24) is 0 Å². The normalized spacial score (nSPS) is 41.1. The third-order valence-corrected chi connectivity index (χ3v) is 11.0. The Bertz CT molecular complexity index is 729. The summed E-state index contributed by atoms with van der Waals surface area (Å²) in [6, 6.07) is 0. The van der Waals surface area contributed by atoms with E-state index in [1.807, 2.05) is 0 Å². The van der Waals surface area contributed by atoms with Gasteiger partial charge in [0.2, 0.25) is 0 Å². The molecule has 0 spiro atoms. The van der Waals surface area contributed by atoms with Crippen LogP contribution in [0, 0.1) is 46.3 Å². The molecule has 33 heavy (non-hydrogen) atoms. The molecule has 0 N–H and O–H groups in total. The van der Waals surface area contributed by atoms with E-state index in [9.17, 15) is 4.79 Å². The fourth-order valence-corrected chi connectivity index (χ4v) is 9.32. The maximum atomic E-state index is 12.1. The predicted molar refractivity (Wildman–Crippen MR) is 138 cm³/mol. The van der Waals surface area contributed by atoms with Crippen LogP contribution in [0.15, 0.2) is 11.6 Å². The Morgan fingerprint density at radius 3 is 2.64 bits per heavy atom. The minimum atomic E-state index is -0.111. The van der Waals surface area contributed by atoms with Gasteiger partial charge >= 0.3 is 5.97 Å². The number of fused-ring (bicyclic) bond motifs is 5. The second kappa shape index (κ2) is 10.2. The Balaban J connectivity index is 1.46. The Kier molecular flexibility index (Phi) is 7.94. The molecular weight excluding hydrogens is 428 g/mol. The quantitative estimate of drug-likeness (QED) is 0.199. The molecule has 0 radical (unpaired) electrons. The van der Waals surface area contributed by atoms with Gasteiger partial charge in [0.15, 0.2) is 0 Å². The van der Waals surface area contributed by atoms with Gasteiger partial charge in [0.05, 0.1) is 6.42 Å². The number of ether oxygens (including phenoxy) is 1. The average molecular weight is 477 g/mol. The van der Waals surface area contributed by atoms with Gasteiger partial charge in [0.25, 0.3) is 0 Å². The lowest BCUT2D eigenvalue weighted by atomic mass is 9.47. The second-order valence-corrected chi connectivity index (χ2v) is 13.5. The average Bonchev–Trinajstić information content (AvgIpc) is 3.10. The number of alkyl halides is 1. The van der Waals surface area contributed by atoms with Crippen molar-refractivity contribution in [2.24, 2.45) is 46.3 Å². The smallest absolute Gasteiger partial charge is 0.307 e. The summed E-state index contributed by atoms with van der Waals surface area (Å²) in [6.45, 7) is 12.5. The molecule has 0 heterocycles. The third kappa shape index (κ3) is 4.94. The summed E-state index contributed by atoms with van der Waals surface area (Å²) in [5.41, 5.74) is 2.42. The van der Waals surface area contributed by atoms with Crippen molar-refractivity contribution in [2.45, 2.75) is 118 Å². The monoisotopic (exact) mass is 476 g/mol. The van der Waals surface area contributed by atoms with Gasteiger partial charge in [-0.15, -0.1) is 11.6 Å². The molecule has 0 amide bonds. The van der Waals surface area contributed by atoms with Crippen LogP contribution in [0.25, 0.3) is 0 Å². The molecule has 3 heteroatoms. The second-order valence-electron chi connectivity index (χ2n) is 13.1. The summed E-state index contributed by atoms with van der Waals surface area (Å²) in [4.78, 5) is 12.1. The molecule has 0 bridgehead atoms. The van der Waals surface area contributed by atoms with Crippen molar-refractivity contribution >= 4 is 17.6 Å². The Hall–Kier alpha value is -0.500. The van der Waals surface area contributed by atoms with E-state index in [-0.39, 0.29) is 17.5 Å². The number of allylic oxidation sites excluding steroid dienone is 2. The number of carbonyl (C=O) groups is 1. The van der Waals surface area contributed by atoms with Crippen LogP contribution < -0.4 is 0 Å². The Morgan fingerprint density at radius 2 is 1.91 bits per heavy atom. The van der Waals surface area contributed by atoms with Crippen molar-refractivity contribution in [2.75, 3.05) is 5.88 Å². The van der Waals surface area contributed by atoms with Crippen molar-refractivity contribution in [3.63, 3.8) is 0 Å². The number of esters is 1. The Morgan fingerprint density at radius 1 is 1.12 bits per heavy atom. The summed E-state index contributed by atoms with van der Waals surface area (Å²) in [5.74, 6) is 5.31. The highest BCUT2D eigenvalue weighted by Crippen LogP contribution is 2.67. The van der Waals surface area contributed by atoms with Crippen LogP contribution in [0.2, 0.25) is 0 Å². The maximum absolute atomic E-state index is 12.1. The number of halogens is 1. The highest BCUT2D eigenvalue weighted by atomic mass is 35.5. The van der Waals surface area contributed by atoms with Crippen molar-refractivity contribution in [3.05, 3.63) is 11.6 Å². The molecule has 8 atom stereocenters. The van der Waals surface area contributed by atoms with E-state index < -0.39 is 0 Å². The summed E-state index contributed by atoms with van der Waals surface area (Å²) >= 11 is 5.77. The van der Waals surface area contributed by atoms with Gasteiger partial charge in [-0.05, 0) is 97.7 Å². The van der Waals surface area contributed by atoms with Crippen molar-refractivity contribution in [1.29, 1.82) is 0 Å². The molecule has 3 saturated carbocycles. The molecule has 188 valence electrons. The van der Waals surface area contributed by atoms with Crippen molar-refractivity contribution in [3.8, 4) is 0 Å². The van der Waals surface area contributed by atoms with Crippen LogP contribution in [0.3, 0.4) is 0 Å². The first-order valence-electron chi connectivity index (χ1n) is 14.1. The molecule has 0 aliphatic heterocycles. The van der Waals surface area contributed by atoms with Gasteiger partial charge in [-0.3, -0.25) is 4.79 Å². The number of hydrogen-bond donors (Lipinski definition) is 0. The van der Waals surface area contributed by atoms with E-state index in [2.05, 4.69) is 40.7 Å². The van der Waals surface area contributed by atoms with E-state index in [1.54, 1.807) is 5.57 Å². The zero-order valence-electron chi connectivity index (χ0n) is 22.0. The third-order valence-electron chi connectivity index (χ3n) is 10.8. The van der Waals surface area contributed by atoms with E-state index in [1.165, 1.54) is 51.4 Å². The molecule has 4 aliphatic carbocycles. The number of rotatable bonds is 8. The van der Waals surface area contributed by atoms with Crippen LogP contribution in [-0.2, 0) is 9.53 Å². The molecule has 0 aromatic carbocycles. The lowest BCUT2D eigenvalue weighted by Gasteiger charge is -2.58. The highest BCUT2D eigenvalue weighted by molar-refractivity contribution is 6.18. The van der Waals surface area contributed by atoms with Gasteiger partial charge in [-0.1, -0.05) is 65.5 Å². The van der Waals surface area contributed by atoms with E-state index in [0.717, 1.165) is 54.8 Å². The molecular formula is C30H49ClO2. The van der Waals surface area contributed by atoms with Gasteiger partial charge in [0.1, 0.15) is 6.10 Å². The highest BCUT2D eigenvalue weighted by Gasteiger charge is 2.59. The molecule has 0 saturated heterocycles. The SMILES string of the molecule is CC(C)CCC[C@@H](C)[C@@H]1CC[C@@H]2[C@H]3CC=C4CC[C@@H](OC(=O)CCCl)C[C@]4(C)[C@@H]3CC[C@]21C. The van der Waals surface area contributed by atoms with Crippen LogP contribution in [0.4, 0.5) is 0 Å². The first-order valence-corrected chi connectivity index (χ1v) is 14.7. The Labute approximate surface area is 208 Å². The van der Waals surface area contributed by atoms with Crippen molar-refractivity contribution < 1.29 is 9.53 Å². The summed E-state index contributed by atoms with van der Waals surface area (Å²) in [7, 11) is 0.